The smallest absolute Gasteiger partial charge is 0.155 e. The summed E-state index contributed by atoms with van der Waals surface area (Å²) in [6, 6.07) is 17.6. The number of fused-ring (bicyclic) bond motifs is 2. The number of hydrogen-bond donors (Lipinski definition) is 0. The van der Waals surface area contributed by atoms with Gasteiger partial charge in [0.2, 0.25) is 0 Å². The summed E-state index contributed by atoms with van der Waals surface area (Å²) >= 11 is 0. The van der Waals surface area contributed by atoms with E-state index in [0.29, 0.717) is 16.7 Å². The number of ether oxygens (including phenoxy) is 1. The van der Waals surface area contributed by atoms with Gasteiger partial charge in [0, 0.05) is 17.6 Å². The van der Waals surface area contributed by atoms with E-state index in [-0.39, 0.29) is 0 Å². The summed E-state index contributed by atoms with van der Waals surface area (Å²) < 4.78 is 11.5. The van der Waals surface area contributed by atoms with E-state index < -0.39 is 5.60 Å². The van der Waals surface area contributed by atoms with Crippen LogP contribution in [0.4, 0.5) is 0 Å². The Labute approximate surface area is 163 Å². The van der Waals surface area contributed by atoms with Crippen molar-refractivity contribution in [2.45, 2.75) is 26.4 Å². The molecule has 0 unspecified atom stereocenters. The van der Waals surface area contributed by atoms with Crippen LogP contribution in [0.15, 0.2) is 70.4 Å². The summed E-state index contributed by atoms with van der Waals surface area (Å²) in [6.45, 7) is 5.87. The van der Waals surface area contributed by atoms with E-state index in [1.54, 1.807) is 7.11 Å². The molecule has 0 radical (unpaired) electrons. The summed E-state index contributed by atoms with van der Waals surface area (Å²) in [6.07, 6.45) is 1.85. The first-order valence-electron chi connectivity index (χ1n) is 9.12. The molecule has 28 heavy (non-hydrogen) atoms. The highest BCUT2D eigenvalue weighted by molar-refractivity contribution is 5.85. The molecular formula is C23H22N2O3. The Morgan fingerprint density at radius 3 is 2.50 bits per heavy atom. The third kappa shape index (κ3) is 3.69. The minimum atomic E-state index is -0.403. The number of hydrogen-bond acceptors (Lipinski definition) is 5. The van der Waals surface area contributed by atoms with Gasteiger partial charge in [0.1, 0.15) is 28.0 Å². The van der Waals surface area contributed by atoms with Gasteiger partial charge in [-0.25, -0.2) is 0 Å². The van der Waals surface area contributed by atoms with Gasteiger partial charge in [-0.3, -0.25) is 4.98 Å². The first kappa shape index (κ1) is 18.0. The van der Waals surface area contributed by atoms with Crippen LogP contribution in [0.1, 0.15) is 20.8 Å². The average Bonchev–Trinajstić information content (AvgIpc) is 2.70. The molecule has 0 saturated heterocycles. The van der Waals surface area contributed by atoms with E-state index in [0.717, 1.165) is 27.6 Å². The number of pyridine rings is 1. The van der Waals surface area contributed by atoms with Crippen molar-refractivity contribution in [3.8, 4) is 17.2 Å². The average molecular weight is 374 g/mol. The Morgan fingerprint density at radius 1 is 0.964 bits per heavy atom. The fraction of sp³-hybridized carbons (Fsp3) is 0.217. The summed E-state index contributed by atoms with van der Waals surface area (Å²) in [5.74, 6) is 1.35. The maximum Gasteiger partial charge on any atom is 0.155 e. The van der Waals surface area contributed by atoms with Crippen LogP contribution in [-0.2, 0) is 4.84 Å². The first-order chi connectivity index (χ1) is 13.4. The van der Waals surface area contributed by atoms with Gasteiger partial charge in [-0.1, -0.05) is 29.4 Å². The molecule has 142 valence electrons. The quantitative estimate of drug-likeness (QED) is 0.457. The topological polar surface area (TPSA) is 56.9 Å². The van der Waals surface area contributed by atoms with Crippen molar-refractivity contribution in [1.82, 2.24) is 4.98 Å². The van der Waals surface area contributed by atoms with Gasteiger partial charge >= 0.3 is 0 Å². The first-order valence-corrected chi connectivity index (χ1v) is 9.12. The predicted molar refractivity (Wildman–Crippen MR) is 110 cm³/mol. The SMILES string of the molecule is COc1ccc2oc(-c3cc4ccccc4cn3)c/c(=N/OC(C)(C)C)c2c1. The fourth-order valence-corrected chi connectivity index (χ4v) is 2.88. The molecule has 0 aliphatic heterocycles. The zero-order valence-electron chi connectivity index (χ0n) is 16.4. The van der Waals surface area contributed by atoms with Crippen molar-refractivity contribution in [3.05, 3.63) is 66.2 Å². The summed E-state index contributed by atoms with van der Waals surface area (Å²) in [7, 11) is 1.63. The molecule has 5 heteroatoms. The molecule has 2 aromatic heterocycles. The number of aromatic nitrogens is 1. The Morgan fingerprint density at radius 2 is 1.75 bits per heavy atom. The van der Waals surface area contributed by atoms with Crippen molar-refractivity contribution in [3.63, 3.8) is 0 Å². The van der Waals surface area contributed by atoms with Crippen LogP contribution >= 0.6 is 0 Å². The van der Waals surface area contributed by atoms with Crippen molar-refractivity contribution in [2.24, 2.45) is 5.16 Å². The molecule has 0 aliphatic carbocycles. The molecule has 0 fully saturated rings. The molecule has 0 N–H and O–H groups in total. The second kappa shape index (κ2) is 7.00. The van der Waals surface area contributed by atoms with Crippen molar-refractivity contribution >= 4 is 21.7 Å². The molecule has 4 aromatic rings. The van der Waals surface area contributed by atoms with E-state index in [2.05, 4.69) is 16.2 Å². The van der Waals surface area contributed by atoms with Crippen LogP contribution in [-0.4, -0.2) is 17.7 Å². The molecular weight excluding hydrogens is 352 g/mol. The molecule has 0 bridgehead atoms. The molecule has 0 amide bonds. The van der Waals surface area contributed by atoms with Gasteiger partial charge in [0.05, 0.1) is 12.5 Å². The van der Waals surface area contributed by atoms with Crippen molar-refractivity contribution < 1.29 is 14.0 Å². The lowest BCUT2D eigenvalue weighted by Crippen LogP contribution is -2.18. The minimum absolute atomic E-state index is 0.403. The standard InChI is InChI=1S/C23H22N2O3/c1-23(2,3)28-25-19-13-22(27-21-10-9-17(26-4)12-18(19)21)20-11-15-7-5-6-8-16(15)14-24-20/h5-14H,1-4H3/b25-19-. The van der Waals surface area contributed by atoms with Gasteiger partial charge in [-0.15, -0.1) is 0 Å². The number of methoxy groups -OCH3 is 1. The van der Waals surface area contributed by atoms with Crippen molar-refractivity contribution in [2.75, 3.05) is 7.11 Å². The van der Waals surface area contributed by atoms with E-state index in [1.165, 1.54) is 0 Å². The maximum atomic E-state index is 6.14. The van der Waals surface area contributed by atoms with Gasteiger partial charge in [-0.2, -0.15) is 0 Å². The van der Waals surface area contributed by atoms with Crippen LogP contribution in [0, 0.1) is 0 Å². The zero-order valence-corrected chi connectivity index (χ0v) is 16.4. The van der Waals surface area contributed by atoms with Gasteiger partial charge < -0.3 is 14.0 Å². The lowest BCUT2D eigenvalue weighted by Gasteiger charge is -2.15. The van der Waals surface area contributed by atoms with Crippen LogP contribution in [0.2, 0.25) is 0 Å². The highest BCUT2D eigenvalue weighted by Gasteiger charge is 2.13. The molecule has 2 aromatic carbocycles. The minimum Gasteiger partial charge on any atom is -0.497 e. The van der Waals surface area contributed by atoms with Gasteiger partial charge in [0.15, 0.2) is 5.76 Å². The molecule has 2 heterocycles. The maximum absolute atomic E-state index is 6.14. The summed E-state index contributed by atoms with van der Waals surface area (Å²) in [4.78, 5) is 10.2. The second-order valence-corrected chi connectivity index (χ2v) is 7.57. The van der Waals surface area contributed by atoms with Crippen LogP contribution in [0.5, 0.6) is 5.75 Å². The number of nitrogens with zero attached hydrogens (tertiary/aromatic N) is 2. The van der Waals surface area contributed by atoms with E-state index in [1.807, 2.05) is 75.5 Å². The second-order valence-electron chi connectivity index (χ2n) is 7.57. The van der Waals surface area contributed by atoms with E-state index in [9.17, 15) is 0 Å². The Kier molecular flexibility index (Phi) is 4.51. The number of benzene rings is 2. The summed E-state index contributed by atoms with van der Waals surface area (Å²) in [5.41, 5.74) is 1.02. The lowest BCUT2D eigenvalue weighted by molar-refractivity contribution is -0.00585. The molecule has 4 rings (SSSR count). The zero-order chi connectivity index (χ0) is 19.7. The Hall–Kier alpha value is -3.34. The highest BCUT2D eigenvalue weighted by Crippen LogP contribution is 2.26. The van der Waals surface area contributed by atoms with Crippen LogP contribution in [0.25, 0.3) is 33.2 Å². The third-order valence-electron chi connectivity index (χ3n) is 4.25. The van der Waals surface area contributed by atoms with E-state index in [4.69, 9.17) is 14.0 Å². The van der Waals surface area contributed by atoms with E-state index >= 15 is 0 Å². The molecule has 0 spiro atoms. The molecule has 0 atom stereocenters. The highest BCUT2D eigenvalue weighted by atomic mass is 16.6. The molecule has 5 nitrogen and oxygen atoms in total. The van der Waals surface area contributed by atoms with Gasteiger partial charge in [-0.05, 0) is 50.4 Å². The molecule has 0 aliphatic rings. The Balaban J connectivity index is 1.93. The number of rotatable bonds is 3. The largest absolute Gasteiger partial charge is 0.497 e. The monoisotopic (exact) mass is 374 g/mol. The Bertz CT molecular complexity index is 1220. The third-order valence-corrected chi connectivity index (χ3v) is 4.25. The normalized spacial score (nSPS) is 12.5. The molecule has 0 saturated carbocycles. The van der Waals surface area contributed by atoms with Crippen LogP contribution in [0.3, 0.4) is 0 Å². The van der Waals surface area contributed by atoms with Crippen molar-refractivity contribution in [1.29, 1.82) is 0 Å². The summed E-state index contributed by atoms with van der Waals surface area (Å²) in [5, 5.41) is 8.05. The predicted octanol–water partition coefficient (Wildman–Crippen LogP) is 5.29. The fourth-order valence-electron chi connectivity index (χ4n) is 2.88. The lowest BCUT2D eigenvalue weighted by atomic mass is 10.1. The van der Waals surface area contributed by atoms with Crippen LogP contribution < -0.4 is 10.1 Å². The van der Waals surface area contributed by atoms with Gasteiger partial charge in [0.25, 0.3) is 0 Å².